The normalized spacial score (nSPS) is 14.1. The average molecular weight is 493 g/mol. The second-order valence-electron chi connectivity index (χ2n) is 9.02. The highest BCUT2D eigenvalue weighted by Gasteiger charge is 2.51. The van der Waals surface area contributed by atoms with Crippen LogP contribution in [0.15, 0.2) is 28.6 Å². The molecule has 1 aromatic heterocycles. The summed E-state index contributed by atoms with van der Waals surface area (Å²) in [6, 6.07) is 4.29. The number of nitrogens with one attached hydrogen (secondary N) is 1. The summed E-state index contributed by atoms with van der Waals surface area (Å²) in [6.45, 7) is 9.14. The Morgan fingerprint density at radius 3 is 2.16 bits per heavy atom. The van der Waals surface area contributed by atoms with Gasteiger partial charge in [0.25, 0.3) is 9.84 Å². The number of hydrogen-bond donors (Lipinski definition) is 1. The van der Waals surface area contributed by atoms with E-state index in [-0.39, 0.29) is 5.52 Å². The molecule has 1 amide bonds. The van der Waals surface area contributed by atoms with E-state index in [1.807, 2.05) is 5.32 Å². The van der Waals surface area contributed by atoms with E-state index in [1.54, 1.807) is 39.0 Å². The third-order valence-electron chi connectivity index (χ3n) is 3.72. The maximum absolute atomic E-state index is 15.0. The minimum Gasteiger partial charge on any atom is -0.458 e. The Morgan fingerprint density at radius 2 is 1.62 bits per heavy atom. The van der Waals surface area contributed by atoms with Crippen molar-refractivity contribution in [1.82, 2.24) is 10.3 Å². The van der Waals surface area contributed by atoms with Gasteiger partial charge in [0.2, 0.25) is 4.34 Å². The zero-order valence-electron chi connectivity index (χ0n) is 18.6. The fraction of sp³-hybridized carbons (Fsp3) is 0.550. The highest BCUT2D eigenvalue weighted by molar-refractivity contribution is 7.94. The van der Waals surface area contributed by atoms with Crippen molar-refractivity contribution < 1.29 is 36.3 Å². The number of hydrogen-bond acceptors (Lipinski definition) is 8. The molecule has 32 heavy (non-hydrogen) atoms. The predicted octanol–water partition coefficient (Wildman–Crippen LogP) is 4.29. The molecule has 1 heterocycles. The number of rotatable bonds is 6. The number of nitrogens with zero attached hydrogens (tertiary/aromatic N) is 1. The van der Waals surface area contributed by atoms with Crippen LogP contribution in [0.2, 0.25) is 0 Å². The first-order chi connectivity index (χ1) is 14.4. The van der Waals surface area contributed by atoms with Crippen molar-refractivity contribution in [2.45, 2.75) is 74.8 Å². The topological polar surface area (TPSA) is 112 Å². The smallest absolute Gasteiger partial charge is 0.408 e. The molecule has 0 aliphatic carbocycles. The first-order valence-electron chi connectivity index (χ1n) is 9.62. The van der Waals surface area contributed by atoms with E-state index in [4.69, 9.17) is 9.47 Å². The molecule has 0 radical (unpaired) electrons. The van der Waals surface area contributed by atoms with E-state index in [1.165, 1.54) is 26.8 Å². The molecular weight excluding hydrogens is 466 g/mol. The molecule has 0 saturated heterocycles. The van der Waals surface area contributed by atoms with Crippen molar-refractivity contribution in [2.75, 3.05) is 0 Å². The molecule has 0 aliphatic heterocycles. The number of benzene rings is 1. The number of aromatic nitrogens is 1. The summed E-state index contributed by atoms with van der Waals surface area (Å²) in [7, 11) is -5.27. The van der Waals surface area contributed by atoms with Crippen LogP contribution in [-0.4, -0.2) is 48.0 Å². The third-order valence-corrected chi connectivity index (χ3v) is 6.96. The van der Waals surface area contributed by atoms with Crippen molar-refractivity contribution in [1.29, 1.82) is 0 Å². The van der Waals surface area contributed by atoms with Gasteiger partial charge < -0.3 is 14.8 Å². The number of carbonyl (C=O) groups is 2. The van der Waals surface area contributed by atoms with Gasteiger partial charge in [-0.2, -0.15) is 8.78 Å². The number of ether oxygens (including phenoxy) is 2. The van der Waals surface area contributed by atoms with E-state index >= 15 is 8.78 Å². The minimum atomic E-state index is -5.27. The molecule has 1 atom stereocenters. The number of carbonyl (C=O) groups excluding carboxylic acids is 2. The molecule has 0 unspecified atom stereocenters. The van der Waals surface area contributed by atoms with Gasteiger partial charge in [0.15, 0.2) is 0 Å². The van der Waals surface area contributed by atoms with E-state index < -0.39 is 55.2 Å². The van der Waals surface area contributed by atoms with Crippen LogP contribution >= 0.6 is 11.3 Å². The van der Waals surface area contributed by atoms with Gasteiger partial charge in [0.05, 0.1) is 16.6 Å². The lowest BCUT2D eigenvalue weighted by molar-refractivity contribution is -0.159. The Labute approximate surface area is 189 Å². The molecule has 178 valence electrons. The number of sulfone groups is 1. The van der Waals surface area contributed by atoms with Crippen molar-refractivity contribution in [3.8, 4) is 0 Å². The predicted molar refractivity (Wildman–Crippen MR) is 115 cm³/mol. The Bertz CT molecular complexity index is 1070. The first kappa shape index (κ1) is 25.9. The molecule has 0 spiro atoms. The van der Waals surface area contributed by atoms with Crippen molar-refractivity contribution in [3.05, 3.63) is 24.3 Å². The van der Waals surface area contributed by atoms with E-state index in [0.29, 0.717) is 16.0 Å². The van der Waals surface area contributed by atoms with E-state index in [2.05, 4.69) is 4.98 Å². The van der Waals surface area contributed by atoms with Gasteiger partial charge in [-0.3, -0.25) is 0 Å². The third kappa shape index (κ3) is 6.58. The summed E-state index contributed by atoms with van der Waals surface area (Å²) in [5, 5.41) is -2.43. The lowest BCUT2D eigenvalue weighted by Gasteiger charge is -2.27. The molecule has 1 N–H and O–H groups in total. The Kier molecular flexibility index (Phi) is 7.20. The lowest BCUT2D eigenvalue weighted by Crippen LogP contribution is -2.49. The van der Waals surface area contributed by atoms with Crippen molar-refractivity contribution >= 4 is 43.5 Å². The Balaban J connectivity index is 2.35. The van der Waals surface area contributed by atoms with Crippen LogP contribution in [0.25, 0.3) is 10.2 Å². The molecule has 12 heteroatoms. The zero-order chi connectivity index (χ0) is 24.5. The molecule has 2 rings (SSSR count). The van der Waals surface area contributed by atoms with Crippen LogP contribution in [0.1, 0.15) is 48.0 Å². The second kappa shape index (κ2) is 8.89. The van der Waals surface area contributed by atoms with Crippen LogP contribution < -0.4 is 5.32 Å². The fourth-order valence-electron chi connectivity index (χ4n) is 2.46. The molecule has 8 nitrogen and oxygen atoms in total. The van der Waals surface area contributed by atoms with Gasteiger partial charge in [-0.15, -0.1) is 11.3 Å². The SMILES string of the molecule is CC(C)(C)OC(=O)N[C@@H](CC(F)(F)S(=O)(=O)c1nc2ccccc2s1)C(=O)OC(C)(C)C. The largest absolute Gasteiger partial charge is 0.458 e. The lowest BCUT2D eigenvalue weighted by atomic mass is 10.1. The quantitative estimate of drug-likeness (QED) is 0.599. The number of amides is 1. The van der Waals surface area contributed by atoms with Crippen LogP contribution in [0.3, 0.4) is 0 Å². The maximum Gasteiger partial charge on any atom is 0.408 e. The molecule has 0 aliphatic rings. The Hall–Kier alpha value is -2.34. The van der Waals surface area contributed by atoms with E-state index in [0.717, 1.165) is 0 Å². The van der Waals surface area contributed by atoms with Crippen LogP contribution in [0.4, 0.5) is 13.6 Å². The average Bonchev–Trinajstić information content (AvgIpc) is 3.02. The number of para-hydroxylation sites is 1. The number of thiazole rings is 1. The number of fused-ring (bicyclic) bond motifs is 1. The van der Waals surface area contributed by atoms with E-state index in [9.17, 15) is 18.0 Å². The van der Waals surface area contributed by atoms with Gasteiger partial charge in [0, 0.05) is 0 Å². The number of esters is 1. The molecular formula is C20H26F2N2O6S2. The number of alkyl halides is 2. The number of halogens is 2. The summed E-state index contributed by atoms with van der Waals surface area (Å²) in [5.74, 6) is -1.22. The molecule has 0 saturated carbocycles. The molecule has 0 fully saturated rings. The molecule has 2 aromatic rings. The maximum atomic E-state index is 15.0. The van der Waals surface area contributed by atoms with Crippen molar-refractivity contribution in [2.24, 2.45) is 0 Å². The molecule has 0 bridgehead atoms. The zero-order valence-corrected chi connectivity index (χ0v) is 20.2. The molecule has 1 aromatic carbocycles. The number of alkyl carbamates (subject to hydrolysis) is 1. The second-order valence-corrected chi connectivity index (χ2v) is 12.3. The monoisotopic (exact) mass is 492 g/mol. The summed E-state index contributed by atoms with van der Waals surface area (Å²) < 4.78 is 65.1. The van der Waals surface area contributed by atoms with Gasteiger partial charge in [-0.1, -0.05) is 12.1 Å². The van der Waals surface area contributed by atoms with Gasteiger partial charge in [-0.25, -0.2) is 23.0 Å². The summed E-state index contributed by atoms with van der Waals surface area (Å²) in [5.41, 5.74) is -1.79. The van der Waals surface area contributed by atoms with Crippen LogP contribution in [0, 0.1) is 0 Å². The summed E-state index contributed by atoms with van der Waals surface area (Å²) in [4.78, 5) is 28.4. The highest BCUT2D eigenvalue weighted by Crippen LogP contribution is 2.37. The fourth-order valence-corrected chi connectivity index (χ4v) is 5.09. The minimum absolute atomic E-state index is 0.252. The van der Waals surface area contributed by atoms with Crippen LogP contribution in [-0.2, 0) is 24.1 Å². The van der Waals surface area contributed by atoms with Gasteiger partial charge >= 0.3 is 17.3 Å². The van der Waals surface area contributed by atoms with Gasteiger partial charge in [-0.05, 0) is 53.7 Å². The Morgan fingerprint density at radius 1 is 1.06 bits per heavy atom. The standard InChI is InChI=1S/C20H26F2N2O6S2/c1-18(2,3)29-15(25)13(23-16(26)30-19(4,5)6)11-20(21,22)32(27,28)17-24-12-9-7-8-10-14(12)31-17/h7-10,13H,11H2,1-6H3,(H,23,26)/t13-/m0/s1. The highest BCUT2D eigenvalue weighted by atomic mass is 32.2. The summed E-state index contributed by atoms with van der Waals surface area (Å²) in [6.07, 6.45) is -2.72. The van der Waals surface area contributed by atoms with Crippen LogP contribution in [0.5, 0.6) is 0 Å². The van der Waals surface area contributed by atoms with Gasteiger partial charge in [0.1, 0.15) is 17.2 Å². The first-order valence-corrected chi connectivity index (χ1v) is 11.9. The van der Waals surface area contributed by atoms with Crippen molar-refractivity contribution in [3.63, 3.8) is 0 Å². The summed E-state index contributed by atoms with van der Waals surface area (Å²) >= 11 is 0.591.